The van der Waals surface area contributed by atoms with Crippen molar-refractivity contribution in [3.63, 3.8) is 0 Å². The van der Waals surface area contributed by atoms with E-state index in [0.717, 1.165) is 29.3 Å². The normalized spacial score (nSPS) is 15.4. The van der Waals surface area contributed by atoms with Gasteiger partial charge in [0.1, 0.15) is 5.52 Å². The van der Waals surface area contributed by atoms with Crippen molar-refractivity contribution in [2.24, 2.45) is 5.92 Å². The van der Waals surface area contributed by atoms with Crippen molar-refractivity contribution in [2.45, 2.75) is 26.3 Å². The van der Waals surface area contributed by atoms with Gasteiger partial charge >= 0.3 is 0 Å². The second-order valence-corrected chi connectivity index (χ2v) is 5.00. The van der Waals surface area contributed by atoms with Crippen LogP contribution < -0.4 is 5.73 Å². The van der Waals surface area contributed by atoms with Gasteiger partial charge in [-0.25, -0.2) is 9.97 Å². The number of ether oxygens (including phenoxy) is 1. The first-order chi connectivity index (χ1) is 8.74. The average Bonchev–Trinajstić information content (AvgIpc) is 3.10. The number of aryl methyl sites for hydroxylation is 1. The lowest BCUT2D eigenvalue weighted by molar-refractivity contribution is 0.118. The summed E-state index contributed by atoms with van der Waals surface area (Å²) in [6.07, 6.45) is 4.47. The van der Waals surface area contributed by atoms with Gasteiger partial charge in [0.2, 0.25) is 5.95 Å². The maximum Gasteiger partial charge on any atom is 0.202 e. The number of hydrogen-bond donors (Lipinski definition) is 1. The largest absolute Gasteiger partial charge is 0.379 e. The molecule has 0 bridgehead atoms. The topological polar surface area (TPSA) is 66.0 Å². The van der Waals surface area contributed by atoms with Crippen LogP contribution in [0.5, 0.6) is 0 Å². The molecule has 18 heavy (non-hydrogen) atoms. The molecule has 2 aromatic rings. The fraction of sp³-hybridized carbons (Fsp3) is 0.538. The molecule has 0 amide bonds. The van der Waals surface area contributed by atoms with E-state index in [-0.39, 0.29) is 0 Å². The Morgan fingerprint density at radius 1 is 1.50 bits per heavy atom. The minimum Gasteiger partial charge on any atom is -0.379 e. The second-order valence-electron chi connectivity index (χ2n) is 5.00. The van der Waals surface area contributed by atoms with Gasteiger partial charge in [0, 0.05) is 12.8 Å². The first-order valence-electron chi connectivity index (χ1n) is 6.40. The van der Waals surface area contributed by atoms with Crippen LogP contribution in [0.3, 0.4) is 0 Å². The third-order valence-electron chi connectivity index (χ3n) is 3.26. The van der Waals surface area contributed by atoms with E-state index in [2.05, 4.69) is 9.97 Å². The monoisotopic (exact) mass is 246 g/mol. The van der Waals surface area contributed by atoms with Crippen LogP contribution in [-0.4, -0.2) is 27.7 Å². The highest BCUT2D eigenvalue weighted by molar-refractivity contribution is 5.74. The van der Waals surface area contributed by atoms with Crippen molar-refractivity contribution in [3.8, 4) is 0 Å². The van der Waals surface area contributed by atoms with Crippen LogP contribution in [0.15, 0.2) is 12.3 Å². The van der Waals surface area contributed by atoms with Gasteiger partial charge in [-0.3, -0.25) is 4.57 Å². The minimum absolute atomic E-state index is 0.512. The molecule has 1 fully saturated rings. The molecule has 0 unspecified atom stereocenters. The molecule has 96 valence electrons. The number of fused-ring (bicyclic) bond motifs is 1. The van der Waals surface area contributed by atoms with E-state index in [9.17, 15) is 0 Å². The molecule has 1 aliphatic carbocycles. The molecule has 0 aliphatic heterocycles. The molecule has 2 N–H and O–H groups in total. The molecule has 0 saturated heterocycles. The summed E-state index contributed by atoms with van der Waals surface area (Å²) >= 11 is 0. The summed E-state index contributed by atoms with van der Waals surface area (Å²) in [5.41, 5.74) is 8.71. The SMILES string of the molecule is Cc1cnc2c(c1)nc(N)n2CCOCC1CC1. The Balaban J connectivity index is 1.71. The van der Waals surface area contributed by atoms with E-state index in [1.54, 1.807) is 0 Å². The quantitative estimate of drug-likeness (QED) is 0.816. The van der Waals surface area contributed by atoms with Crippen molar-refractivity contribution in [1.29, 1.82) is 0 Å². The summed E-state index contributed by atoms with van der Waals surface area (Å²) in [6.45, 7) is 4.26. The number of nitrogen functional groups attached to an aromatic ring is 1. The number of rotatable bonds is 5. The predicted molar refractivity (Wildman–Crippen MR) is 70.2 cm³/mol. The molecule has 1 saturated carbocycles. The van der Waals surface area contributed by atoms with Gasteiger partial charge in [-0.1, -0.05) is 0 Å². The third kappa shape index (κ3) is 2.31. The Kier molecular flexibility index (Phi) is 2.91. The smallest absolute Gasteiger partial charge is 0.202 e. The molecule has 0 spiro atoms. The summed E-state index contributed by atoms with van der Waals surface area (Å²) in [7, 11) is 0. The van der Waals surface area contributed by atoms with Gasteiger partial charge in [0.05, 0.1) is 13.2 Å². The van der Waals surface area contributed by atoms with Crippen molar-refractivity contribution in [3.05, 3.63) is 17.8 Å². The minimum atomic E-state index is 0.512. The Morgan fingerprint density at radius 3 is 3.11 bits per heavy atom. The van der Waals surface area contributed by atoms with Crippen LogP contribution >= 0.6 is 0 Å². The van der Waals surface area contributed by atoms with E-state index in [1.165, 1.54) is 12.8 Å². The van der Waals surface area contributed by atoms with E-state index < -0.39 is 0 Å². The van der Waals surface area contributed by atoms with E-state index in [4.69, 9.17) is 10.5 Å². The molecule has 0 radical (unpaired) electrons. The number of nitrogens with zero attached hydrogens (tertiary/aromatic N) is 3. The number of anilines is 1. The Labute approximate surface area is 106 Å². The summed E-state index contributed by atoms with van der Waals surface area (Å²) in [5.74, 6) is 1.31. The molecular formula is C13H18N4O. The molecule has 0 aromatic carbocycles. The van der Waals surface area contributed by atoms with Gasteiger partial charge in [0.25, 0.3) is 0 Å². The highest BCUT2D eigenvalue weighted by atomic mass is 16.5. The van der Waals surface area contributed by atoms with Gasteiger partial charge in [0.15, 0.2) is 5.65 Å². The summed E-state index contributed by atoms with van der Waals surface area (Å²) in [5, 5.41) is 0. The van der Waals surface area contributed by atoms with Crippen LogP contribution in [-0.2, 0) is 11.3 Å². The van der Waals surface area contributed by atoms with E-state index in [1.807, 2.05) is 23.8 Å². The molecule has 3 rings (SSSR count). The van der Waals surface area contributed by atoms with Gasteiger partial charge < -0.3 is 10.5 Å². The zero-order valence-corrected chi connectivity index (χ0v) is 10.6. The lowest BCUT2D eigenvalue weighted by Crippen LogP contribution is -2.10. The van der Waals surface area contributed by atoms with Crippen molar-refractivity contribution in [2.75, 3.05) is 18.9 Å². The maximum absolute atomic E-state index is 5.91. The third-order valence-corrected chi connectivity index (χ3v) is 3.26. The zero-order chi connectivity index (χ0) is 12.5. The number of nitrogens with two attached hydrogens (primary N) is 1. The molecule has 5 heteroatoms. The van der Waals surface area contributed by atoms with E-state index >= 15 is 0 Å². The number of hydrogen-bond acceptors (Lipinski definition) is 4. The first-order valence-corrected chi connectivity index (χ1v) is 6.40. The summed E-state index contributed by atoms with van der Waals surface area (Å²) in [4.78, 5) is 8.72. The molecule has 2 aromatic heterocycles. The highest BCUT2D eigenvalue weighted by Crippen LogP contribution is 2.28. The fourth-order valence-electron chi connectivity index (χ4n) is 2.04. The Morgan fingerprint density at radius 2 is 2.33 bits per heavy atom. The van der Waals surface area contributed by atoms with Gasteiger partial charge in [-0.2, -0.15) is 0 Å². The molecule has 2 heterocycles. The zero-order valence-electron chi connectivity index (χ0n) is 10.6. The van der Waals surface area contributed by atoms with Crippen LogP contribution in [0, 0.1) is 12.8 Å². The number of imidazole rings is 1. The lowest BCUT2D eigenvalue weighted by Gasteiger charge is -2.06. The number of pyridine rings is 1. The molecule has 5 nitrogen and oxygen atoms in total. The summed E-state index contributed by atoms with van der Waals surface area (Å²) < 4.78 is 7.54. The maximum atomic E-state index is 5.91. The summed E-state index contributed by atoms with van der Waals surface area (Å²) in [6, 6.07) is 2.00. The highest BCUT2D eigenvalue weighted by Gasteiger charge is 2.21. The van der Waals surface area contributed by atoms with Gasteiger partial charge in [-0.05, 0) is 37.3 Å². The van der Waals surface area contributed by atoms with Crippen LogP contribution in [0.25, 0.3) is 11.2 Å². The molecule has 1 aliphatic rings. The standard InChI is InChI=1S/C13H18N4O/c1-9-6-11-12(15-7-9)17(13(14)16-11)4-5-18-8-10-2-3-10/h6-7,10H,2-5,8H2,1H3,(H2,14,16). The molecule has 0 atom stereocenters. The van der Waals surface area contributed by atoms with Crippen LogP contribution in [0.2, 0.25) is 0 Å². The number of aromatic nitrogens is 3. The van der Waals surface area contributed by atoms with Crippen LogP contribution in [0.1, 0.15) is 18.4 Å². The average molecular weight is 246 g/mol. The Bertz CT molecular complexity index is 559. The fourth-order valence-corrected chi connectivity index (χ4v) is 2.04. The predicted octanol–water partition coefficient (Wildman–Crippen LogP) is 1.75. The van der Waals surface area contributed by atoms with Crippen molar-refractivity contribution < 1.29 is 4.74 Å². The first kappa shape index (κ1) is 11.5. The Hall–Kier alpha value is -1.62. The van der Waals surface area contributed by atoms with Crippen LogP contribution in [0.4, 0.5) is 5.95 Å². The second kappa shape index (κ2) is 4.57. The van der Waals surface area contributed by atoms with Gasteiger partial charge in [-0.15, -0.1) is 0 Å². The van der Waals surface area contributed by atoms with Crippen molar-refractivity contribution in [1.82, 2.24) is 14.5 Å². The van der Waals surface area contributed by atoms with E-state index in [0.29, 0.717) is 19.1 Å². The lowest BCUT2D eigenvalue weighted by atomic mass is 10.3. The molecular weight excluding hydrogens is 228 g/mol. The van der Waals surface area contributed by atoms with Crippen molar-refractivity contribution >= 4 is 17.1 Å².